The van der Waals surface area contributed by atoms with Crippen LogP contribution < -0.4 is 5.32 Å². The number of hydrogen-bond donors (Lipinski definition) is 2. The number of hydrogen-bond acceptors (Lipinski definition) is 2. The summed E-state index contributed by atoms with van der Waals surface area (Å²) in [6.07, 6.45) is -3.09. The van der Waals surface area contributed by atoms with Crippen LogP contribution in [0.1, 0.15) is 31.7 Å². The number of piperidine rings is 1. The van der Waals surface area contributed by atoms with Gasteiger partial charge >= 0.3 is 18.2 Å². The molecule has 2 N–H and O–H groups in total. The van der Waals surface area contributed by atoms with Crippen LogP contribution in [0.2, 0.25) is 0 Å². The quantitative estimate of drug-likeness (QED) is 0.853. The first-order valence-electron chi connectivity index (χ1n) is 8.15. The van der Waals surface area contributed by atoms with E-state index in [0.717, 1.165) is 18.6 Å². The average molecular weight is 358 g/mol. The lowest BCUT2D eigenvalue weighted by atomic mass is 9.82. The van der Waals surface area contributed by atoms with Crippen molar-refractivity contribution in [1.82, 2.24) is 4.90 Å². The number of carboxylic acids is 1. The maximum absolute atomic E-state index is 12.7. The van der Waals surface area contributed by atoms with Gasteiger partial charge in [-0.15, -0.1) is 0 Å². The molecule has 1 fully saturated rings. The molecular weight excluding hydrogens is 337 g/mol. The van der Waals surface area contributed by atoms with Gasteiger partial charge in [0.05, 0.1) is 5.56 Å². The van der Waals surface area contributed by atoms with Crippen LogP contribution in [0.4, 0.5) is 23.7 Å². The van der Waals surface area contributed by atoms with Crippen molar-refractivity contribution in [1.29, 1.82) is 0 Å². The minimum absolute atomic E-state index is 0.0140. The summed E-state index contributed by atoms with van der Waals surface area (Å²) < 4.78 is 38.2. The minimum Gasteiger partial charge on any atom is -0.481 e. The number of carboxylic acid groups (broad SMARTS) is 1. The van der Waals surface area contributed by atoms with Gasteiger partial charge < -0.3 is 15.3 Å². The SMILES string of the molecule is CC[C@@H]1CN(C(=O)Nc2cccc(C(F)(F)F)c2)CC[C@H]1CC(=O)O. The lowest BCUT2D eigenvalue weighted by Gasteiger charge is -2.37. The summed E-state index contributed by atoms with van der Waals surface area (Å²) in [6, 6.07) is 4.02. The van der Waals surface area contributed by atoms with Gasteiger partial charge in [-0.2, -0.15) is 13.2 Å². The number of anilines is 1. The van der Waals surface area contributed by atoms with Crippen molar-refractivity contribution in [3.63, 3.8) is 0 Å². The van der Waals surface area contributed by atoms with E-state index in [0.29, 0.717) is 19.5 Å². The Labute approximate surface area is 143 Å². The fraction of sp³-hybridized carbons (Fsp3) is 0.529. The highest BCUT2D eigenvalue weighted by Crippen LogP contribution is 2.31. The number of rotatable bonds is 4. The topological polar surface area (TPSA) is 69.6 Å². The highest BCUT2D eigenvalue weighted by molar-refractivity contribution is 5.89. The van der Waals surface area contributed by atoms with Crippen LogP contribution in [0.5, 0.6) is 0 Å². The zero-order valence-corrected chi connectivity index (χ0v) is 13.8. The number of carbonyl (C=O) groups excluding carboxylic acids is 1. The van der Waals surface area contributed by atoms with E-state index < -0.39 is 23.7 Å². The Morgan fingerprint density at radius 3 is 2.64 bits per heavy atom. The van der Waals surface area contributed by atoms with Crippen molar-refractivity contribution in [3.8, 4) is 0 Å². The van der Waals surface area contributed by atoms with Crippen LogP contribution in [0.15, 0.2) is 24.3 Å². The molecule has 0 radical (unpaired) electrons. The largest absolute Gasteiger partial charge is 0.481 e. The van der Waals surface area contributed by atoms with Crippen molar-refractivity contribution in [2.24, 2.45) is 11.8 Å². The van der Waals surface area contributed by atoms with Gasteiger partial charge in [0.15, 0.2) is 0 Å². The molecule has 0 aliphatic carbocycles. The number of halogens is 3. The van der Waals surface area contributed by atoms with E-state index in [-0.39, 0.29) is 23.9 Å². The van der Waals surface area contributed by atoms with Gasteiger partial charge in [0.1, 0.15) is 0 Å². The molecular formula is C17H21F3N2O3. The molecule has 5 nitrogen and oxygen atoms in total. The number of alkyl halides is 3. The zero-order valence-electron chi connectivity index (χ0n) is 13.8. The number of benzene rings is 1. The molecule has 1 aliphatic heterocycles. The maximum Gasteiger partial charge on any atom is 0.416 e. The number of aliphatic carboxylic acids is 1. The van der Waals surface area contributed by atoms with E-state index in [2.05, 4.69) is 5.32 Å². The van der Waals surface area contributed by atoms with E-state index in [1.54, 1.807) is 0 Å². The second kappa shape index (κ2) is 7.76. The Kier molecular flexibility index (Phi) is 5.92. The van der Waals surface area contributed by atoms with E-state index in [4.69, 9.17) is 5.11 Å². The molecule has 0 saturated carbocycles. The molecule has 0 aromatic heterocycles. The van der Waals surface area contributed by atoms with E-state index >= 15 is 0 Å². The summed E-state index contributed by atoms with van der Waals surface area (Å²) in [5.41, 5.74) is -0.738. The summed E-state index contributed by atoms with van der Waals surface area (Å²) in [6.45, 7) is 2.73. The molecule has 2 amide bonds. The second-order valence-corrected chi connectivity index (χ2v) is 6.27. The molecule has 0 unspecified atom stereocenters. The fourth-order valence-electron chi connectivity index (χ4n) is 3.20. The third-order valence-electron chi connectivity index (χ3n) is 4.58. The van der Waals surface area contributed by atoms with Crippen LogP contribution in [0.3, 0.4) is 0 Å². The van der Waals surface area contributed by atoms with Crippen LogP contribution in [0, 0.1) is 11.8 Å². The monoisotopic (exact) mass is 358 g/mol. The summed E-state index contributed by atoms with van der Waals surface area (Å²) in [5.74, 6) is -0.775. The molecule has 138 valence electrons. The van der Waals surface area contributed by atoms with Crippen molar-refractivity contribution >= 4 is 17.7 Å². The lowest BCUT2D eigenvalue weighted by Crippen LogP contribution is -2.45. The first kappa shape index (κ1) is 19.1. The Bertz CT molecular complexity index is 634. The molecule has 1 aromatic rings. The summed E-state index contributed by atoms with van der Waals surface area (Å²) in [7, 11) is 0. The van der Waals surface area contributed by atoms with Crippen molar-refractivity contribution < 1.29 is 27.9 Å². The summed E-state index contributed by atoms with van der Waals surface area (Å²) >= 11 is 0. The molecule has 0 spiro atoms. The van der Waals surface area contributed by atoms with Gasteiger partial charge in [-0.3, -0.25) is 4.79 Å². The van der Waals surface area contributed by atoms with Crippen LogP contribution >= 0.6 is 0 Å². The van der Waals surface area contributed by atoms with Crippen LogP contribution in [0.25, 0.3) is 0 Å². The molecule has 1 aliphatic rings. The van der Waals surface area contributed by atoms with Gasteiger partial charge in [-0.1, -0.05) is 19.4 Å². The Morgan fingerprint density at radius 2 is 2.04 bits per heavy atom. The Morgan fingerprint density at radius 1 is 1.32 bits per heavy atom. The zero-order chi connectivity index (χ0) is 18.6. The maximum atomic E-state index is 12.7. The molecule has 25 heavy (non-hydrogen) atoms. The summed E-state index contributed by atoms with van der Waals surface area (Å²) in [5, 5.41) is 11.5. The normalized spacial score (nSPS) is 21.0. The number of likely N-dealkylation sites (tertiary alicyclic amines) is 1. The van der Waals surface area contributed by atoms with E-state index in [9.17, 15) is 22.8 Å². The molecule has 1 aromatic carbocycles. The standard InChI is InChI=1S/C17H21F3N2O3/c1-2-11-10-22(7-6-12(11)8-15(23)24)16(25)21-14-5-3-4-13(9-14)17(18,19)20/h3-5,9,11-12H,2,6-8,10H2,1H3,(H,21,25)(H,23,24)/t11-,12+/m1/s1. The van der Waals surface area contributed by atoms with Gasteiger partial charge in [-0.05, 0) is 36.5 Å². The molecule has 8 heteroatoms. The lowest BCUT2D eigenvalue weighted by molar-refractivity contribution is -0.139. The predicted molar refractivity (Wildman–Crippen MR) is 86.2 cm³/mol. The molecule has 1 heterocycles. The third kappa shape index (κ3) is 5.11. The average Bonchev–Trinajstić information content (AvgIpc) is 2.54. The number of urea groups is 1. The smallest absolute Gasteiger partial charge is 0.416 e. The third-order valence-corrected chi connectivity index (χ3v) is 4.58. The van der Waals surface area contributed by atoms with Gasteiger partial charge in [0.25, 0.3) is 0 Å². The Hall–Kier alpha value is -2.25. The first-order valence-corrected chi connectivity index (χ1v) is 8.15. The molecule has 1 saturated heterocycles. The number of amides is 2. The summed E-state index contributed by atoms with van der Waals surface area (Å²) in [4.78, 5) is 24.8. The van der Waals surface area contributed by atoms with E-state index in [1.165, 1.54) is 17.0 Å². The van der Waals surface area contributed by atoms with Gasteiger partial charge in [0.2, 0.25) is 0 Å². The highest BCUT2D eigenvalue weighted by atomic mass is 19.4. The predicted octanol–water partition coefficient (Wildman–Crippen LogP) is 4.06. The minimum atomic E-state index is -4.47. The second-order valence-electron chi connectivity index (χ2n) is 6.27. The number of carbonyl (C=O) groups is 2. The van der Waals surface area contributed by atoms with Crippen molar-refractivity contribution in [2.75, 3.05) is 18.4 Å². The first-order chi connectivity index (χ1) is 11.7. The molecule has 2 rings (SSSR count). The van der Waals surface area contributed by atoms with Gasteiger partial charge in [-0.25, -0.2) is 4.79 Å². The molecule has 0 bridgehead atoms. The van der Waals surface area contributed by atoms with E-state index in [1.807, 2.05) is 6.92 Å². The highest BCUT2D eigenvalue weighted by Gasteiger charge is 2.33. The Balaban J connectivity index is 2.01. The fourth-order valence-corrected chi connectivity index (χ4v) is 3.20. The van der Waals surface area contributed by atoms with Crippen LogP contribution in [-0.4, -0.2) is 35.1 Å². The number of nitrogens with zero attached hydrogens (tertiary/aromatic N) is 1. The van der Waals surface area contributed by atoms with Crippen LogP contribution in [-0.2, 0) is 11.0 Å². The van der Waals surface area contributed by atoms with Gasteiger partial charge in [0, 0.05) is 25.2 Å². The molecule has 2 atom stereocenters. The van der Waals surface area contributed by atoms with Crippen molar-refractivity contribution in [3.05, 3.63) is 29.8 Å². The number of nitrogens with one attached hydrogen (secondary N) is 1. The van der Waals surface area contributed by atoms with Crippen molar-refractivity contribution in [2.45, 2.75) is 32.4 Å².